The highest BCUT2D eigenvalue weighted by atomic mass is 79.9. The smallest absolute Gasteiger partial charge is 0.137 e. The number of hydrogen-bond acceptors (Lipinski definition) is 3. The van der Waals surface area contributed by atoms with Crippen LogP contribution in [0.2, 0.25) is 0 Å². The summed E-state index contributed by atoms with van der Waals surface area (Å²) in [6.07, 6.45) is 0.702. The van der Waals surface area contributed by atoms with Gasteiger partial charge in [-0.25, -0.2) is 15.2 Å². The number of nitrogens with two attached hydrogens (primary N) is 1. The molecule has 0 radical (unpaired) electrons. The van der Waals surface area contributed by atoms with Gasteiger partial charge in [-0.15, -0.1) is 0 Å². The zero-order valence-electron chi connectivity index (χ0n) is 7.43. The maximum absolute atomic E-state index is 13.2. The van der Waals surface area contributed by atoms with Crippen LogP contribution in [0.15, 0.2) is 22.7 Å². The lowest BCUT2D eigenvalue weighted by atomic mass is 10.0. The largest absolute Gasteiger partial charge is 0.315 e. The molecule has 1 saturated heterocycles. The fourth-order valence-electron chi connectivity index (χ4n) is 1.53. The number of hydrogen-bond donors (Lipinski definition) is 3. The molecule has 5 heteroatoms. The van der Waals surface area contributed by atoms with Crippen LogP contribution in [0.25, 0.3) is 0 Å². The van der Waals surface area contributed by atoms with Crippen LogP contribution in [0.3, 0.4) is 0 Å². The highest BCUT2D eigenvalue weighted by Gasteiger charge is 2.22. The van der Waals surface area contributed by atoms with E-state index < -0.39 is 0 Å². The molecule has 1 aliphatic heterocycles. The van der Waals surface area contributed by atoms with Crippen LogP contribution in [0, 0.1) is 5.82 Å². The fourth-order valence-corrected chi connectivity index (χ4v) is 1.77. The van der Waals surface area contributed by atoms with E-state index in [4.69, 9.17) is 5.73 Å². The summed E-state index contributed by atoms with van der Waals surface area (Å²) in [6.45, 7) is 0. The van der Waals surface area contributed by atoms with E-state index in [9.17, 15) is 4.39 Å². The summed E-state index contributed by atoms with van der Waals surface area (Å²) in [5, 5.41) is 0. The van der Waals surface area contributed by atoms with Crippen molar-refractivity contribution in [1.82, 2.24) is 10.9 Å². The second-order valence-electron chi connectivity index (χ2n) is 3.36. The minimum atomic E-state index is -0.246. The molecule has 1 heterocycles. The molecule has 1 fully saturated rings. The van der Waals surface area contributed by atoms with E-state index in [0.29, 0.717) is 4.47 Å². The molecule has 1 aromatic carbocycles. The van der Waals surface area contributed by atoms with Gasteiger partial charge >= 0.3 is 0 Å². The Morgan fingerprint density at radius 3 is 2.79 bits per heavy atom. The van der Waals surface area contributed by atoms with E-state index in [2.05, 4.69) is 26.8 Å². The van der Waals surface area contributed by atoms with Gasteiger partial charge in [0.05, 0.1) is 10.6 Å². The van der Waals surface area contributed by atoms with Crippen LogP contribution in [0.4, 0.5) is 4.39 Å². The molecule has 1 aromatic rings. The van der Waals surface area contributed by atoms with Crippen molar-refractivity contribution in [3.05, 3.63) is 34.1 Å². The molecule has 2 rings (SSSR count). The number of rotatable bonds is 1. The Morgan fingerprint density at radius 1 is 1.43 bits per heavy atom. The SMILES string of the molecule is NC1CC(c2ccc(Br)c(F)c2)NN1. The van der Waals surface area contributed by atoms with E-state index in [1.807, 2.05) is 6.07 Å². The molecule has 2 atom stereocenters. The van der Waals surface area contributed by atoms with Crippen molar-refractivity contribution in [3.63, 3.8) is 0 Å². The first kappa shape index (κ1) is 10.0. The minimum absolute atomic E-state index is 0.0632. The zero-order valence-corrected chi connectivity index (χ0v) is 9.01. The summed E-state index contributed by atoms with van der Waals surface area (Å²) >= 11 is 3.11. The summed E-state index contributed by atoms with van der Waals surface area (Å²) in [5.74, 6) is -0.246. The summed E-state index contributed by atoms with van der Waals surface area (Å²) < 4.78 is 13.7. The first-order valence-corrected chi connectivity index (χ1v) is 5.17. The van der Waals surface area contributed by atoms with Crippen molar-refractivity contribution in [1.29, 1.82) is 0 Å². The first-order chi connectivity index (χ1) is 6.66. The molecule has 2 unspecified atom stereocenters. The van der Waals surface area contributed by atoms with Crippen LogP contribution >= 0.6 is 15.9 Å². The Kier molecular flexibility index (Phi) is 2.83. The van der Waals surface area contributed by atoms with Crippen molar-refractivity contribution in [2.45, 2.75) is 18.6 Å². The molecule has 1 aliphatic rings. The quantitative estimate of drug-likeness (QED) is 0.715. The third kappa shape index (κ3) is 1.95. The van der Waals surface area contributed by atoms with Gasteiger partial charge < -0.3 is 5.73 Å². The molecular weight excluding hydrogens is 249 g/mol. The topological polar surface area (TPSA) is 50.1 Å². The van der Waals surface area contributed by atoms with Gasteiger partial charge in [-0.3, -0.25) is 0 Å². The van der Waals surface area contributed by atoms with Gasteiger partial charge in [0.1, 0.15) is 5.82 Å². The maximum Gasteiger partial charge on any atom is 0.137 e. The molecule has 0 amide bonds. The Balaban J connectivity index is 2.20. The fraction of sp³-hybridized carbons (Fsp3) is 0.333. The molecule has 0 bridgehead atoms. The standard InChI is InChI=1S/C9H11BrFN3/c10-6-2-1-5(3-7(6)11)8-4-9(12)14-13-8/h1-3,8-9,13-14H,4,12H2. The number of halogens is 2. The predicted octanol–water partition coefficient (Wildman–Crippen LogP) is 1.41. The van der Waals surface area contributed by atoms with Gasteiger partial charge in [-0.1, -0.05) is 6.07 Å². The second-order valence-corrected chi connectivity index (χ2v) is 4.21. The van der Waals surface area contributed by atoms with Crippen LogP contribution in [0.5, 0.6) is 0 Å². The molecular formula is C9H11BrFN3. The third-order valence-corrected chi connectivity index (χ3v) is 2.92. The van der Waals surface area contributed by atoms with E-state index in [0.717, 1.165) is 12.0 Å². The van der Waals surface area contributed by atoms with Gasteiger partial charge in [-0.05, 0) is 40.0 Å². The molecule has 0 saturated carbocycles. The maximum atomic E-state index is 13.2. The minimum Gasteiger partial charge on any atom is -0.315 e. The summed E-state index contributed by atoms with van der Waals surface area (Å²) in [5.41, 5.74) is 12.5. The van der Waals surface area contributed by atoms with E-state index in [-0.39, 0.29) is 18.0 Å². The number of benzene rings is 1. The van der Waals surface area contributed by atoms with Gasteiger partial charge in [0, 0.05) is 6.04 Å². The highest BCUT2D eigenvalue weighted by molar-refractivity contribution is 9.10. The first-order valence-electron chi connectivity index (χ1n) is 4.38. The van der Waals surface area contributed by atoms with Gasteiger partial charge in [0.25, 0.3) is 0 Å². The average molecular weight is 260 g/mol. The van der Waals surface area contributed by atoms with Crippen LogP contribution in [-0.2, 0) is 0 Å². The summed E-state index contributed by atoms with van der Waals surface area (Å²) in [4.78, 5) is 0. The molecule has 0 spiro atoms. The second kappa shape index (κ2) is 3.94. The average Bonchev–Trinajstić information content (AvgIpc) is 2.57. The van der Waals surface area contributed by atoms with Crippen LogP contribution < -0.4 is 16.6 Å². The van der Waals surface area contributed by atoms with Gasteiger partial charge in [0.2, 0.25) is 0 Å². The van der Waals surface area contributed by atoms with Crippen molar-refractivity contribution in [2.75, 3.05) is 0 Å². The van der Waals surface area contributed by atoms with Crippen LogP contribution in [-0.4, -0.2) is 6.17 Å². The molecule has 0 aliphatic carbocycles. The van der Waals surface area contributed by atoms with E-state index >= 15 is 0 Å². The van der Waals surface area contributed by atoms with Crippen molar-refractivity contribution >= 4 is 15.9 Å². The number of hydrazine groups is 1. The third-order valence-electron chi connectivity index (χ3n) is 2.28. The van der Waals surface area contributed by atoms with Gasteiger partial charge in [-0.2, -0.15) is 0 Å². The van der Waals surface area contributed by atoms with Crippen molar-refractivity contribution in [3.8, 4) is 0 Å². The van der Waals surface area contributed by atoms with Gasteiger partial charge in [0.15, 0.2) is 0 Å². The lowest BCUT2D eigenvalue weighted by Crippen LogP contribution is -2.36. The molecule has 3 nitrogen and oxygen atoms in total. The summed E-state index contributed by atoms with van der Waals surface area (Å²) in [6, 6.07) is 5.19. The molecule has 76 valence electrons. The Morgan fingerprint density at radius 2 is 2.21 bits per heavy atom. The normalized spacial score (nSPS) is 26.8. The van der Waals surface area contributed by atoms with E-state index in [1.165, 1.54) is 6.07 Å². The lowest BCUT2D eigenvalue weighted by Gasteiger charge is -2.09. The Hall–Kier alpha value is -0.490. The van der Waals surface area contributed by atoms with E-state index in [1.54, 1.807) is 6.07 Å². The number of nitrogens with one attached hydrogen (secondary N) is 2. The zero-order chi connectivity index (χ0) is 10.1. The Labute approximate surface area is 90.0 Å². The van der Waals surface area contributed by atoms with Crippen molar-refractivity contribution in [2.24, 2.45) is 5.73 Å². The van der Waals surface area contributed by atoms with Crippen molar-refractivity contribution < 1.29 is 4.39 Å². The monoisotopic (exact) mass is 259 g/mol. The van der Waals surface area contributed by atoms with Crippen LogP contribution in [0.1, 0.15) is 18.0 Å². The Bertz CT molecular complexity index is 345. The summed E-state index contributed by atoms with van der Waals surface area (Å²) in [7, 11) is 0. The molecule has 4 N–H and O–H groups in total. The lowest BCUT2D eigenvalue weighted by molar-refractivity contribution is 0.548. The highest BCUT2D eigenvalue weighted by Crippen LogP contribution is 2.24. The predicted molar refractivity (Wildman–Crippen MR) is 55.7 cm³/mol. The molecule has 14 heavy (non-hydrogen) atoms. The molecule has 0 aromatic heterocycles.